The molecule has 0 aliphatic rings. The van der Waals surface area contributed by atoms with Gasteiger partial charge < -0.3 is 9.94 Å². The lowest BCUT2D eigenvalue weighted by Gasteiger charge is -2.39. The number of hydrogen-bond donors (Lipinski definition) is 0. The number of hydrogen-bond acceptors (Lipinski definition) is 4. The van der Waals surface area contributed by atoms with Gasteiger partial charge in [-0.3, -0.25) is 10.1 Å². The highest BCUT2D eigenvalue weighted by Crippen LogP contribution is 2.11. The lowest BCUT2D eigenvalue weighted by molar-refractivity contribution is -0.240. The molecule has 0 aromatic carbocycles. The summed E-state index contributed by atoms with van der Waals surface area (Å²) in [4.78, 5) is 4.77. The van der Waals surface area contributed by atoms with Gasteiger partial charge in [0.2, 0.25) is 0 Å². The molecule has 0 atom stereocenters. The fourth-order valence-corrected chi connectivity index (χ4v) is 0.408. The molecular formula is C8H18NO3-. The molecule has 0 saturated heterocycles. The molecular weight excluding hydrogens is 158 g/mol. The third-order valence-electron chi connectivity index (χ3n) is 1.12. The summed E-state index contributed by atoms with van der Waals surface area (Å²) in [6.45, 7) is 9.10. The van der Waals surface area contributed by atoms with Gasteiger partial charge in [-0.15, -0.1) is 0 Å². The standard InChI is InChI=1S/C8H18NO3/c1-7(2)11-6-12-9(10)8(3,4)5/h7H,6H2,1-5H3/q-1. The fraction of sp³-hybridized carbons (Fsp3) is 1.00. The van der Waals surface area contributed by atoms with Crippen LogP contribution in [-0.4, -0.2) is 23.7 Å². The van der Waals surface area contributed by atoms with Gasteiger partial charge in [-0.1, -0.05) is 0 Å². The SMILES string of the molecule is CC(C)OCON([O-])C(C)(C)C. The Morgan fingerprint density at radius 1 is 1.33 bits per heavy atom. The van der Waals surface area contributed by atoms with Crippen LogP contribution in [0.3, 0.4) is 0 Å². The van der Waals surface area contributed by atoms with E-state index in [-0.39, 0.29) is 12.9 Å². The normalized spacial score (nSPS) is 13.0. The van der Waals surface area contributed by atoms with Crippen molar-refractivity contribution in [2.45, 2.75) is 46.3 Å². The van der Waals surface area contributed by atoms with Crippen LogP contribution in [0.15, 0.2) is 0 Å². The van der Waals surface area contributed by atoms with Crippen LogP contribution >= 0.6 is 0 Å². The van der Waals surface area contributed by atoms with E-state index in [1.54, 1.807) is 20.8 Å². The lowest BCUT2D eigenvalue weighted by Crippen LogP contribution is -2.37. The molecule has 0 N–H and O–H groups in total. The lowest BCUT2D eigenvalue weighted by atomic mass is 10.1. The summed E-state index contributed by atoms with van der Waals surface area (Å²) < 4.78 is 5.04. The first-order valence-corrected chi connectivity index (χ1v) is 4.06. The predicted octanol–water partition coefficient (Wildman–Crippen LogP) is 1.90. The zero-order valence-corrected chi connectivity index (χ0v) is 8.46. The van der Waals surface area contributed by atoms with Gasteiger partial charge in [-0.05, 0) is 34.6 Å². The van der Waals surface area contributed by atoms with Gasteiger partial charge in [0.05, 0.1) is 6.10 Å². The summed E-state index contributed by atoms with van der Waals surface area (Å²) in [5, 5.41) is 11.6. The minimum atomic E-state index is -0.527. The van der Waals surface area contributed by atoms with E-state index in [9.17, 15) is 5.21 Å². The van der Waals surface area contributed by atoms with Crippen molar-refractivity contribution in [3.8, 4) is 0 Å². The van der Waals surface area contributed by atoms with Crippen LogP contribution in [0.2, 0.25) is 0 Å². The largest absolute Gasteiger partial charge is 0.762 e. The number of nitrogens with zero attached hydrogens (tertiary/aromatic N) is 1. The monoisotopic (exact) mass is 176 g/mol. The highest BCUT2D eigenvalue weighted by Gasteiger charge is 2.12. The zero-order valence-electron chi connectivity index (χ0n) is 8.46. The topological polar surface area (TPSA) is 44.8 Å². The Bertz CT molecular complexity index is 120. The molecule has 0 bridgehead atoms. The van der Waals surface area contributed by atoms with Crippen molar-refractivity contribution in [3.63, 3.8) is 0 Å². The van der Waals surface area contributed by atoms with Gasteiger partial charge in [0.15, 0.2) is 6.79 Å². The summed E-state index contributed by atoms with van der Waals surface area (Å²) in [5.74, 6) is 0. The van der Waals surface area contributed by atoms with Crippen LogP contribution in [0, 0.1) is 5.21 Å². The Labute approximate surface area is 74.0 Å². The van der Waals surface area contributed by atoms with Crippen molar-refractivity contribution in [1.29, 1.82) is 0 Å². The van der Waals surface area contributed by atoms with Crippen LogP contribution in [0.4, 0.5) is 0 Å². The third-order valence-corrected chi connectivity index (χ3v) is 1.12. The molecule has 0 radical (unpaired) electrons. The molecule has 74 valence electrons. The molecule has 0 aliphatic heterocycles. The van der Waals surface area contributed by atoms with E-state index in [0.29, 0.717) is 5.23 Å². The molecule has 0 aromatic rings. The Morgan fingerprint density at radius 3 is 2.17 bits per heavy atom. The van der Waals surface area contributed by atoms with Gasteiger partial charge >= 0.3 is 0 Å². The maximum absolute atomic E-state index is 11.1. The van der Waals surface area contributed by atoms with Crippen molar-refractivity contribution in [2.24, 2.45) is 0 Å². The summed E-state index contributed by atoms with van der Waals surface area (Å²) in [6, 6.07) is 0. The Hall–Kier alpha value is -0.160. The average molecular weight is 176 g/mol. The van der Waals surface area contributed by atoms with E-state index < -0.39 is 5.54 Å². The van der Waals surface area contributed by atoms with E-state index in [4.69, 9.17) is 9.57 Å². The smallest absolute Gasteiger partial charge is 0.166 e. The minimum absolute atomic E-state index is 0.0123. The molecule has 0 aliphatic carbocycles. The minimum Gasteiger partial charge on any atom is -0.762 e. The first-order valence-electron chi connectivity index (χ1n) is 4.06. The van der Waals surface area contributed by atoms with Crippen LogP contribution in [0.5, 0.6) is 0 Å². The highest BCUT2D eigenvalue weighted by atomic mass is 16.9. The fourth-order valence-electron chi connectivity index (χ4n) is 0.408. The Kier molecular flexibility index (Phi) is 4.70. The predicted molar refractivity (Wildman–Crippen MR) is 47.1 cm³/mol. The molecule has 0 spiro atoms. The second-order valence-corrected chi connectivity index (χ2v) is 3.89. The summed E-state index contributed by atoms with van der Waals surface area (Å²) in [5.41, 5.74) is -0.527. The molecule has 0 aromatic heterocycles. The molecule has 4 heteroatoms. The molecule has 0 unspecified atom stereocenters. The molecule has 0 saturated carbocycles. The maximum Gasteiger partial charge on any atom is 0.166 e. The zero-order chi connectivity index (χ0) is 9.78. The molecule has 4 nitrogen and oxygen atoms in total. The molecule has 0 amide bonds. The second-order valence-electron chi connectivity index (χ2n) is 3.89. The quantitative estimate of drug-likeness (QED) is 0.484. The van der Waals surface area contributed by atoms with Gasteiger partial charge in [0.25, 0.3) is 0 Å². The maximum atomic E-state index is 11.1. The Balaban J connectivity index is 3.51. The van der Waals surface area contributed by atoms with Gasteiger partial charge in [0, 0.05) is 5.54 Å². The first-order chi connectivity index (χ1) is 5.34. The molecule has 12 heavy (non-hydrogen) atoms. The van der Waals surface area contributed by atoms with E-state index in [0.717, 1.165) is 0 Å². The van der Waals surface area contributed by atoms with Crippen molar-refractivity contribution >= 4 is 0 Å². The first kappa shape index (κ1) is 11.8. The summed E-state index contributed by atoms with van der Waals surface area (Å²) in [6.07, 6.45) is 0.0818. The number of rotatable bonds is 4. The van der Waals surface area contributed by atoms with Crippen LogP contribution in [-0.2, 0) is 9.57 Å². The van der Waals surface area contributed by atoms with E-state index >= 15 is 0 Å². The van der Waals surface area contributed by atoms with Crippen LogP contribution < -0.4 is 0 Å². The van der Waals surface area contributed by atoms with Gasteiger partial charge in [-0.25, -0.2) is 0 Å². The van der Waals surface area contributed by atoms with Gasteiger partial charge in [0.1, 0.15) is 0 Å². The van der Waals surface area contributed by atoms with Crippen LogP contribution in [0.25, 0.3) is 0 Å². The van der Waals surface area contributed by atoms with Crippen molar-refractivity contribution in [2.75, 3.05) is 6.79 Å². The van der Waals surface area contributed by atoms with Gasteiger partial charge in [-0.2, -0.15) is 0 Å². The molecule has 0 heterocycles. The average Bonchev–Trinajstić information content (AvgIpc) is 1.84. The number of hydroxylamine groups is 2. The number of ether oxygens (including phenoxy) is 1. The summed E-state index contributed by atoms with van der Waals surface area (Å²) in [7, 11) is 0. The molecule has 0 rings (SSSR count). The second kappa shape index (κ2) is 4.77. The highest BCUT2D eigenvalue weighted by molar-refractivity contribution is 4.69. The van der Waals surface area contributed by atoms with Crippen molar-refractivity contribution in [3.05, 3.63) is 5.21 Å². The third kappa shape index (κ3) is 5.49. The van der Waals surface area contributed by atoms with E-state index in [1.807, 2.05) is 13.8 Å². The summed E-state index contributed by atoms with van der Waals surface area (Å²) >= 11 is 0. The van der Waals surface area contributed by atoms with Crippen molar-refractivity contribution in [1.82, 2.24) is 5.23 Å². The van der Waals surface area contributed by atoms with Crippen LogP contribution in [0.1, 0.15) is 34.6 Å². The molecule has 0 fully saturated rings. The van der Waals surface area contributed by atoms with E-state index in [1.165, 1.54) is 0 Å². The van der Waals surface area contributed by atoms with E-state index in [2.05, 4.69) is 0 Å². The Morgan fingerprint density at radius 2 is 1.83 bits per heavy atom. The van der Waals surface area contributed by atoms with Crippen molar-refractivity contribution < 1.29 is 9.57 Å².